The maximum absolute atomic E-state index is 5.63. The van der Waals surface area contributed by atoms with Crippen molar-refractivity contribution in [3.63, 3.8) is 0 Å². The van der Waals surface area contributed by atoms with E-state index in [2.05, 4.69) is 10.1 Å². The van der Waals surface area contributed by atoms with Gasteiger partial charge in [-0.2, -0.15) is 4.98 Å². The van der Waals surface area contributed by atoms with Crippen molar-refractivity contribution in [1.82, 2.24) is 10.1 Å². The van der Waals surface area contributed by atoms with Gasteiger partial charge in [0.1, 0.15) is 0 Å². The van der Waals surface area contributed by atoms with E-state index in [9.17, 15) is 0 Å². The lowest BCUT2D eigenvalue weighted by molar-refractivity contribution is 0.309. The fourth-order valence-electron chi connectivity index (χ4n) is 1.28. The normalized spacial score (nSPS) is 17.4. The van der Waals surface area contributed by atoms with Gasteiger partial charge in [0.15, 0.2) is 5.82 Å². The quantitative estimate of drug-likeness (QED) is 0.785. The summed E-state index contributed by atoms with van der Waals surface area (Å²) in [6.45, 7) is 4.56. The lowest BCUT2D eigenvalue weighted by Gasteiger charge is -2.15. The Balaban J connectivity index is 2.07. The van der Waals surface area contributed by atoms with Gasteiger partial charge in [-0.15, -0.1) is 0 Å². The fourth-order valence-corrected chi connectivity index (χ4v) is 1.28. The van der Waals surface area contributed by atoms with Crippen LogP contribution in [0.3, 0.4) is 0 Å². The Labute approximate surface area is 83.9 Å². The van der Waals surface area contributed by atoms with Gasteiger partial charge in [-0.3, -0.25) is 0 Å². The van der Waals surface area contributed by atoms with Crippen molar-refractivity contribution in [2.24, 2.45) is 11.7 Å². The first kappa shape index (κ1) is 9.65. The lowest BCUT2D eigenvalue weighted by atomic mass is 9.94. The second-order valence-electron chi connectivity index (χ2n) is 4.75. The summed E-state index contributed by atoms with van der Waals surface area (Å²) in [4.78, 5) is 4.38. The molecule has 0 spiro atoms. The zero-order valence-corrected chi connectivity index (χ0v) is 8.79. The molecule has 1 aromatic heterocycles. The average molecular weight is 195 g/mol. The van der Waals surface area contributed by atoms with Crippen molar-refractivity contribution in [2.75, 3.05) is 6.54 Å². The first-order valence-electron chi connectivity index (χ1n) is 5.15. The summed E-state index contributed by atoms with van der Waals surface area (Å²) in [6, 6.07) is 0. The second kappa shape index (κ2) is 3.35. The zero-order valence-electron chi connectivity index (χ0n) is 8.79. The molecule has 4 nitrogen and oxygen atoms in total. The van der Waals surface area contributed by atoms with Crippen LogP contribution in [0.2, 0.25) is 0 Å². The molecular weight excluding hydrogens is 178 g/mol. The molecule has 0 unspecified atom stereocenters. The highest BCUT2D eigenvalue weighted by molar-refractivity contribution is 5.02. The second-order valence-corrected chi connectivity index (χ2v) is 4.75. The number of nitrogens with two attached hydrogens (primary N) is 1. The summed E-state index contributed by atoms with van der Waals surface area (Å²) >= 11 is 0. The average Bonchev–Trinajstić information content (AvgIpc) is 2.81. The molecule has 14 heavy (non-hydrogen) atoms. The maximum atomic E-state index is 5.63. The summed E-state index contributed by atoms with van der Waals surface area (Å²) in [6.07, 6.45) is 3.58. The molecule has 2 N–H and O–H groups in total. The van der Waals surface area contributed by atoms with Crippen molar-refractivity contribution in [1.29, 1.82) is 0 Å². The zero-order chi connectivity index (χ0) is 10.2. The van der Waals surface area contributed by atoms with Crippen molar-refractivity contribution < 1.29 is 4.52 Å². The van der Waals surface area contributed by atoms with Crippen LogP contribution in [0.15, 0.2) is 4.52 Å². The molecular formula is C10H17N3O. The minimum absolute atomic E-state index is 0.200. The van der Waals surface area contributed by atoms with Gasteiger partial charge in [0.25, 0.3) is 0 Å². The molecule has 1 fully saturated rings. The molecule has 1 heterocycles. The Morgan fingerprint density at radius 2 is 2.21 bits per heavy atom. The van der Waals surface area contributed by atoms with E-state index in [-0.39, 0.29) is 5.41 Å². The molecule has 78 valence electrons. The van der Waals surface area contributed by atoms with Gasteiger partial charge in [0.05, 0.1) is 5.41 Å². The minimum Gasteiger partial charge on any atom is -0.339 e. The van der Waals surface area contributed by atoms with Crippen LogP contribution in [0, 0.1) is 5.92 Å². The topological polar surface area (TPSA) is 64.9 Å². The molecule has 1 aliphatic carbocycles. The maximum Gasteiger partial charge on any atom is 0.233 e. The summed E-state index contributed by atoms with van der Waals surface area (Å²) in [5.41, 5.74) is 5.43. The Morgan fingerprint density at radius 1 is 1.50 bits per heavy atom. The molecule has 0 bridgehead atoms. The molecule has 1 aliphatic rings. The molecule has 0 amide bonds. The molecule has 0 radical (unpaired) electrons. The number of rotatable bonds is 4. The number of aromatic nitrogens is 2. The molecule has 0 aliphatic heterocycles. The smallest absolute Gasteiger partial charge is 0.233 e. The van der Waals surface area contributed by atoms with E-state index in [0.29, 0.717) is 12.4 Å². The van der Waals surface area contributed by atoms with E-state index in [1.54, 1.807) is 0 Å². The van der Waals surface area contributed by atoms with E-state index < -0.39 is 0 Å². The first-order chi connectivity index (χ1) is 6.62. The van der Waals surface area contributed by atoms with Gasteiger partial charge < -0.3 is 10.3 Å². The summed E-state index contributed by atoms with van der Waals surface area (Å²) in [5, 5.41) is 3.97. The Hall–Kier alpha value is -0.900. The third-order valence-electron chi connectivity index (χ3n) is 2.73. The lowest BCUT2D eigenvalue weighted by Crippen LogP contribution is -2.28. The Morgan fingerprint density at radius 3 is 2.79 bits per heavy atom. The Kier molecular flexibility index (Phi) is 2.31. The van der Waals surface area contributed by atoms with Crippen molar-refractivity contribution >= 4 is 0 Å². The van der Waals surface area contributed by atoms with E-state index in [4.69, 9.17) is 10.3 Å². The third-order valence-corrected chi connectivity index (χ3v) is 2.73. The van der Waals surface area contributed by atoms with Crippen LogP contribution in [0.4, 0.5) is 0 Å². The van der Waals surface area contributed by atoms with E-state index in [0.717, 1.165) is 18.2 Å². The van der Waals surface area contributed by atoms with Gasteiger partial charge in [0, 0.05) is 13.0 Å². The minimum atomic E-state index is -0.200. The summed E-state index contributed by atoms with van der Waals surface area (Å²) < 4.78 is 5.21. The first-order valence-corrected chi connectivity index (χ1v) is 5.15. The van der Waals surface area contributed by atoms with E-state index in [1.807, 2.05) is 13.8 Å². The van der Waals surface area contributed by atoms with Gasteiger partial charge >= 0.3 is 0 Å². The van der Waals surface area contributed by atoms with Crippen molar-refractivity contribution in [2.45, 2.75) is 38.5 Å². The van der Waals surface area contributed by atoms with Crippen molar-refractivity contribution in [3.05, 3.63) is 11.7 Å². The number of nitrogens with zero attached hydrogens (tertiary/aromatic N) is 2. The molecule has 4 heteroatoms. The van der Waals surface area contributed by atoms with Crippen LogP contribution < -0.4 is 5.73 Å². The van der Waals surface area contributed by atoms with Crippen LogP contribution in [0.25, 0.3) is 0 Å². The van der Waals surface area contributed by atoms with Crippen molar-refractivity contribution in [3.8, 4) is 0 Å². The fraction of sp³-hybridized carbons (Fsp3) is 0.800. The van der Waals surface area contributed by atoms with Gasteiger partial charge in [-0.25, -0.2) is 0 Å². The van der Waals surface area contributed by atoms with Gasteiger partial charge in [-0.1, -0.05) is 5.16 Å². The summed E-state index contributed by atoms with van der Waals surface area (Å²) in [7, 11) is 0. The van der Waals surface area contributed by atoms with E-state index >= 15 is 0 Å². The van der Waals surface area contributed by atoms with Crippen LogP contribution >= 0.6 is 0 Å². The highest BCUT2D eigenvalue weighted by Gasteiger charge is 2.28. The largest absolute Gasteiger partial charge is 0.339 e. The van der Waals surface area contributed by atoms with E-state index in [1.165, 1.54) is 12.8 Å². The molecule has 1 aromatic rings. The molecule has 1 saturated carbocycles. The number of hydrogen-bond donors (Lipinski definition) is 1. The predicted octanol–water partition coefficient (Wildman–Crippen LogP) is 1.26. The van der Waals surface area contributed by atoms with Crippen LogP contribution in [-0.2, 0) is 11.8 Å². The Bertz CT molecular complexity index is 315. The molecule has 0 aromatic carbocycles. The van der Waals surface area contributed by atoms with Crippen LogP contribution in [0.5, 0.6) is 0 Å². The van der Waals surface area contributed by atoms with Gasteiger partial charge in [0.2, 0.25) is 5.89 Å². The molecule has 0 atom stereocenters. The predicted molar refractivity (Wildman–Crippen MR) is 52.8 cm³/mol. The SMILES string of the molecule is CC(C)(CN)c1nc(CC2CC2)no1. The van der Waals surface area contributed by atoms with Gasteiger partial charge in [-0.05, 0) is 32.6 Å². The summed E-state index contributed by atoms with van der Waals surface area (Å²) in [5.74, 6) is 2.29. The number of hydrogen-bond acceptors (Lipinski definition) is 4. The van der Waals surface area contributed by atoms with Crippen LogP contribution in [-0.4, -0.2) is 16.7 Å². The standard InChI is InChI=1S/C10H17N3O/c1-10(2,6-11)9-12-8(13-14-9)5-7-3-4-7/h7H,3-6,11H2,1-2H3. The monoisotopic (exact) mass is 195 g/mol. The highest BCUT2D eigenvalue weighted by Crippen LogP contribution is 2.32. The highest BCUT2D eigenvalue weighted by atomic mass is 16.5. The van der Waals surface area contributed by atoms with Crippen LogP contribution in [0.1, 0.15) is 38.4 Å². The molecule has 2 rings (SSSR count). The molecule has 0 saturated heterocycles. The third kappa shape index (κ3) is 1.95.